The molecule has 2 aromatic rings. The number of hydrogen-bond donors (Lipinski definition) is 2. The molecular formula is C18H21N3O. The summed E-state index contributed by atoms with van der Waals surface area (Å²) in [6.07, 6.45) is 2.36. The van der Waals surface area contributed by atoms with Crippen LogP contribution in [0.2, 0.25) is 0 Å². The van der Waals surface area contributed by atoms with Crippen LogP contribution in [-0.4, -0.2) is 16.9 Å². The summed E-state index contributed by atoms with van der Waals surface area (Å²) in [5, 5.41) is 6.20. The van der Waals surface area contributed by atoms with Crippen LogP contribution < -0.4 is 10.6 Å². The van der Waals surface area contributed by atoms with Crippen LogP contribution in [0.1, 0.15) is 48.7 Å². The van der Waals surface area contributed by atoms with E-state index in [0.717, 1.165) is 11.5 Å². The van der Waals surface area contributed by atoms with Gasteiger partial charge in [0.25, 0.3) is 5.91 Å². The number of anilines is 2. The van der Waals surface area contributed by atoms with E-state index >= 15 is 0 Å². The zero-order valence-electron chi connectivity index (χ0n) is 13.0. The molecule has 1 aliphatic carbocycles. The van der Waals surface area contributed by atoms with Crippen molar-refractivity contribution in [3.8, 4) is 0 Å². The second-order valence-corrected chi connectivity index (χ2v) is 6.06. The number of amides is 1. The Morgan fingerprint density at radius 3 is 2.50 bits per heavy atom. The number of carbonyl (C=O) groups excluding carboxylic acids is 1. The molecule has 0 radical (unpaired) electrons. The normalized spacial score (nSPS) is 14.0. The quantitative estimate of drug-likeness (QED) is 0.875. The molecule has 0 spiro atoms. The summed E-state index contributed by atoms with van der Waals surface area (Å²) in [6.45, 7) is 4.30. The number of nitrogens with one attached hydrogen (secondary N) is 2. The zero-order valence-corrected chi connectivity index (χ0v) is 13.0. The third-order valence-corrected chi connectivity index (χ3v) is 3.75. The number of benzene rings is 1. The van der Waals surface area contributed by atoms with Gasteiger partial charge in [0.15, 0.2) is 0 Å². The van der Waals surface area contributed by atoms with Crippen molar-refractivity contribution >= 4 is 17.4 Å². The van der Waals surface area contributed by atoms with E-state index in [2.05, 4.69) is 29.5 Å². The fourth-order valence-electron chi connectivity index (χ4n) is 2.22. The van der Waals surface area contributed by atoms with Crippen LogP contribution in [0.4, 0.5) is 11.5 Å². The average molecular weight is 295 g/mol. The number of hydrogen-bond acceptors (Lipinski definition) is 3. The van der Waals surface area contributed by atoms with Crippen molar-refractivity contribution in [3.05, 3.63) is 53.7 Å². The van der Waals surface area contributed by atoms with Crippen LogP contribution in [0.5, 0.6) is 0 Å². The molecule has 1 fully saturated rings. The highest BCUT2D eigenvalue weighted by Crippen LogP contribution is 2.23. The van der Waals surface area contributed by atoms with Gasteiger partial charge in [0.2, 0.25) is 0 Å². The SMILES string of the molecule is CC(C)c1ccc(NC(=O)c2cccc(NC3CC3)n2)cc1. The van der Waals surface area contributed by atoms with E-state index in [1.54, 1.807) is 6.07 Å². The van der Waals surface area contributed by atoms with Crippen molar-refractivity contribution in [1.82, 2.24) is 4.98 Å². The standard InChI is InChI=1S/C18H21N3O/c1-12(2)13-6-8-15(9-7-13)20-18(22)16-4-3-5-17(21-16)19-14-10-11-14/h3-9,12,14H,10-11H2,1-2H3,(H,19,21)(H,20,22). The van der Waals surface area contributed by atoms with Crippen molar-refractivity contribution in [2.24, 2.45) is 0 Å². The zero-order chi connectivity index (χ0) is 15.5. The molecule has 2 N–H and O–H groups in total. The lowest BCUT2D eigenvalue weighted by atomic mass is 10.0. The number of aromatic nitrogens is 1. The molecule has 1 amide bonds. The predicted molar refractivity (Wildman–Crippen MR) is 89.4 cm³/mol. The molecule has 114 valence electrons. The van der Waals surface area contributed by atoms with E-state index < -0.39 is 0 Å². The van der Waals surface area contributed by atoms with E-state index in [4.69, 9.17) is 0 Å². The molecule has 1 aromatic carbocycles. The number of rotatable bonds is 5. The lowest BCUT2D eigenvalue weighted by Crippen LogP contribution is -2.15. The lowest BCUT2D eigenvalue weighted by molar-refractivity contribution is 0.102. The van der Waals surface area contributed by atoms with Gasteiger partial charge in [0, 0.05) is 11.7 Å². The highest BCUT2D eigenvalue weighted by Gasteiger charge is 2.21. The van der Waals surface area contributed by atoms with Gasteiger partial charge in [0.1, 0.15) is 11.5 Å². The van der Waals surface area contributed by atoms with E-state index in [1.165, 1.54) is 18.4 Å². The molecule has 0 bridgehead atoms. The van der Waals surface area contributed by atoms with Crippen LogP contribution in [0.3, 0.4) is 0 Å². The predicted octanol–water partition coefficient (Wildman–Crippen LogP) is 4.03. The number of carbonyl (C=O) groups is 1. The maximum absolute atomic E-state index is 12.3. The topological polar surface area (TPSA) is 54.0 Å². The maximum atomic E-state index is 12.3. The lowest BCUT2D eigenvalue weighted by Gasteiger charge is -2.09. The first-order chi connectivity index (χ1) is 10.6. The molecule has 0 atom stereocenters. The molecule has 0 saturated heterocycles. The Balaban J connectivity index is 1.68. The molecule has 1 aliphatic rings. The molecule has 1 aromatic heterocycles. The largest absolute Gasteiger partial charge is 0.367 e. The molecule has 4 nitrogen and oxygen atoms in total. The first-order valence-electron chi connectivity index (χ1n) is 7.77. The Kier molecular flexibility index (Phi) is 4.09. The molecule has 4 heteroatoms. The van der Waals surface area contributed by atoms with Gasteiger partial charge in [-0.05, 0) is 48.6 Å². The van der Waals surface area contributed by atoms with Gasteiger partial charge in [-0.1, -0.05) is 32.0 Å². The monoisotopic (exact) mass is 295 g/mol. The molecule has 1 saturated carbocycles. The smallest absolute Gasteiger partial charge is 0.274 e. The molecule has 0 unspecified atom stereocenters. The Labute approximate surface area is 131 Å². The van der Waals surface area contributed by atoms with Crippen molar-refractivity contribution in [1.29, 1.82) is 0 Å². The second-order valence-electron chi connectivity index (χ2n) is 6.06. The summed E-state index contributed by atoms with van der Waals surface area (Å²) in [4.78, 5) is 16.7. The van der Waals surface area contributed by atoms with E-state index in [-0.39, 0.29) is 5.91 Å². The van der Waals surface area contributed by atoms with Crippen LogP contribution >= 0.6 is 0 Å². The Bertz CT molecular complexity index is 660. The first-order valence-corrected chi connectivity index (χ1v) is 7.77. The third kappa shape index (κ3) is 3.64. The van der Waals surface area contributed by atoms with Gasteiger partial charge < -0.3 is 10.6 Å². The molecule has 1 heterocycles. The van der Waals surface area contributed by atoms with Gasteiger partial charge >= 0.3 is 0 Å². The summed E-state index contributed by atoms with van der Waals surface area (Å²) in [7, 11) is 0. The summed E-state index contributed by atoms with van der Waals surface area (Å²) in [5.74, 6) is 1.07. The van der Waals surface area contributed by atoms with Crippen LogP contribution in [-0.2, 0) is 0 Å². The summed E-state index contributed by atoms with van der Waals surface area (Å²) < 4.78 is 0. The molecule has 0 aliphatic heterocycles. The van der Waals surface area contributed by atoms with Crippen molar-refractivity contribution in [2.75, 3.05) is 10.6 Å². The van der Waals surface area contributed by atoms with Crippen LogP contribution in [0, 0.1) is 0 Å². The molecule has 22 heavy (non-hydrogen) atoms. The second kappa shape index (κ2) is 6.18. The van der Waals surface area contributed by atoms with Crippen LogP contribution in [0.15, 0.2) is 42.5 Å². The van der Waals surface area contributed by atoms with Gasteiger partial charge in [-0.2, -0.15) is 0 Å². The van der Waals surface area contributed by atoms with Gasteiger partial charge in [-0.15, -0.1) is 0 Å². The van der Waals surface area contributed by atoms with Gasteiger partial charge in [-0.3, -0.25) is 4.79 Å². The number of nitrogens with zero attached hydrogens (tertiary/aromatic N) is 1. The Morgan fingerprint density at radius 1 is 1.14 bits per heavy atom. The minimum atomic E-state index is -0.184. The van der Waals surface area contributed by atoms with Gasteiger partial charge in [0.05, 0.1) is 0 Å². The first kappa shape index (κ1) is 14.6. The highest BCUT2D eigenvalue weighted by molar-refractivity contribution is 6.03. The Hall–Kier alpha value is -2.36. The highest BCUT2D eigenvalue weighted by atomic mass is 16.1. The summed E-state index contributed by atoms with van der Waals surface area (Å²) >= 11 is 0. The Morgan fingerprint density at radius 2 is 1.86 bits per heavy atom. The van der Waals surface area contributed by atoms with Crippen LogP contribution in [0.25, 0.3) is 0 Å². The van der Waals surface area contributed by atoms with Crippen molar-refractivity contribution in [3.63, 3.8) is 0 Å². The average Bonchev–Trinajstić information content (AvgIpc) is 3.32. The maximum Gasteiger partial charge on any atom is 0.274 e. The summed E-state index contributed by atoms with van der Waals surface area (Å²) in [5.41, 5.74) is 2.47. The van der Waals surface area contributed by atoms with Crippen molar-refractivity contribution in [2.45, 2.75) is 38.6 Å². The molecular weight excluding hydrogens is 274 g/mol. The van der Waals surface area contributed by atoms with Gasteiger partial charge in [-0.25, -0.2) is 4.98 Å². The fourth-order valence-corrected chi connectivity index (χ4v) is 2.22. The van der Waals surface area contributed by atoms with Crippen molar-refractivity contribution < 1.29 is 4.79 Å². The third-order valence-electron chi connectivity index (χ3n) is 3.75. The minimum Gasteiger partial charge on any atom is -0.367 e. The minimum absolute atomic E-state index is 0.184. The number of pyridine rings is 1. The van der Waals surface area contributed by atoms with E-state index in [0.29, 0.717) is 17.7 Å². The molecule has 3 rings (SSSR count). The summed E-state index contributed by atoms with van der Waals surface area (Å²) in [6, 6.07) is 13.9. The van der Waals surface area contributed by atoms with E-state index in [1.807, 2.05) is 36.4 Å². The van der Waals surface area contributed by atoms with E-state index in [9.17, 15) is 4.79 Å². The fraction of sp³-hybridized carbons (Fsp3) is 0.333.